The summed E-state index contributed by atoms with van der Waals surface area (Å²) in [6, 6.07) is 1.38. The summed E-state index contributed by atoms with van der Waals surface area (Å²) in [6.45, 7) is 1.93. The lowest BCUT2D eigenvalue weighted by molar-refractivity contribution is -0.150. The first kappa shape index (κ1) is 20.3. The van der Waals surface area contributed by atoms with E-state index >= 15 is 0 Å². The molecule has 1 aliphatic heterocycles. The van der Waals surface area contributed by atoms with Crippen molar-refractivity contribution in [1.29, 1.82) is 0 Å². The number of ether oxygens (including phenoxy) is 2. The van der Waals surface area contributed by atoms with Gasteiger partial charge in [0.05, 0.1) is 0 Å². The molecule has 26 heavy (non-hydrogen) atoms. The van der Waals surface area contributed by atoms with Gasteiger partial charge in [-0.05, 0) is 12.5 Å². The number of carbonyl (C=O) groups is 1. The number of aromatic nitrogens is 2. The minimum atomic E-state index is -1.35. The van der Waals surface area contributed by atoms with Crippen molar-refractivity contribution in [2.75, 3.05) is 12.3 Å². The van der Waals surface area contributed by atoms with E-state index in [1.807, 2.05) is 0 Å². The van der Waals surface area contributed by atoms with Crippen LogP contribution in [-0.4, -0.2) is 50.7 Å². The smallest absolute Gasteiger partial charge is 0.351 e. The maximum Gasteiger partial charge on any atom is 0.351 e. The first-order chi connectivity index (χ1) is 12.4. The van der Waals surface area contributed by atoms with Gasteiger partial charge in [0.1, 0.15) is 30.7 Å². The normalized spacial score (nSPS) is 25.3. The van der Waals surface area contributed by atoms with Gasteiger partial charge in [-0.15, -0.1) is 0 Å². The Hall–Kier alpha value is -1.97. The lowest BCUT2D eigenvalue weighted by Crippen LogP contribution is -2.36. The Bertz CT molecular complexity index is 650. The predicted octanol–water partition coefficient (Wildman–Crippen LogP) is 0.348. The molecule has 1 aliphatic rings. The fourth-order valence-electron chi connectivity index (χ4n) is 2.84. The van der Waals surface area contributed by atoms with Crippen LogP contribution in [0.4, 0.5) is 5.82 Å². The van der Waals surface area contributed by atoms with Crippen molar-refractivity contribution >= 4 is 11.8 Å². The molecule has 4 N–H and O–H groups in total. The van der Waals surface area contributed by atoms with E-state index in [-0.39, 0.29) is 18.4 Å². The van der Waals surface area contributed by atoms with Gasteiger partial charge in [-0.25, -0.2) is 4.79 Å². The molecule has 0 amide bonds. The largest absolute Gasteiger partial charge is 0.463 e. The highest BCUT2D eigenvalue weighted by Crippen LogP contribution is 2.28. The molecule has 2 rings (SSSR count). The zero-order valence-corrected chi connectivity index (χ0v) is 14.9. The predicted molar refractivity (Wildman–Crippen MR) is 93.2 cm³/mol. The molecule has 1 aromatic heterocycles. The number of carbonyl (C=O) groups excluding carboxylic acids is 1. The molecule has 0 saturated carbocycles. The van der Waals surface area contributed by atoms with Crippen LogP contribution in [0.5, 0.6) is 0 Å². The number of rotatable bonds is 9. The fraction of sp³-hybridized carbons (Fsp3) is 0.706. The summed E-state index contributed by atoms with van der Waals surface area (Å²) < 4.78 is 11.7. The summed E-state index contributed by atoms with van der Waals surface area (Å²) in [6.07, 6.45) is 2.05. The molecule has 2 heterocycles. The molecule has 0 bridgehead atoms. The van der Waals surface area contributed by atoms with Crippen molar-refractivity contribution in [2.45, 2.75) is 70.0 Å². The topological polar surface area (TPSA) is 137 Å². The van der Waals surface area contributed by atoms with E-state index in [1.54, 1.807) is 0 Å². The Morgan fingerprint density at radius 1 is 1.31 bits per heavy atom. The Labute approximate surface area is 151 Å². The van der Waals surface area contributed by atoms with Gasteiger partial charge in [-0.3, -0.25) is 9.36 Å². The standard InChI is InChI=1S/C17H27N3O6/c1-2-3-4-5-6-7-13(21)25-10-11-14(22)15(23)16(26-11)20-9-8-12(18)19-17(20)24/h8-9,11,14-16,22-23H,2-7,10H2,1H3,(H2,18,19,24)/t11-,14-,15+,16-/m1/s1. The third kappa shape index (κ3) is 5.26. The van der Waals surface area contributed by atoms with Crippen LogP contribution in [0, 0.1) is 0 Å². The summed E-state index contributed by atoms with van der Waals surface area (Å²) in [4.78, 5) is 27.2. The van der Waals surface area contributed by atoms with E-state index in [9.17, 15) is 19.8 Å². The molecule has 0 unspecified atom stereocenters. The Balaban J connectivity index is 1.83. The summed E-state index contributed by atoms with van der Waals surface area (Å²) in [5.41, 5.74) is 4.73. The molecule has 1 aromatic rings. The molecule has 1 fully saturated rings. The van der Waals surface area contributed by atoms with Crippen LogP contribution in [0.3, 0.4) is 0 Å². The van der Waals surface area contributed by atoms with Crippen LogP contribution in [0.15, 0.2) is 17.1 Å². The van der Waals surface area contributed by atoms with E-state index in [2.05, 4.69) is 11.9 Å². The number of aliphatic hydroxyl groups is 2. The summed E-state index contributed by atoms with van der Waals surface area (Å²) in [7, 11) is 0. The molecule has 4 atom stereocenters. The molecule has 0 radical (unpaired) electrons. The number of nitrogens with zero attached hydrogens (tertiary/aromatic N) is 2. The van der Waals surface area contributed by atoms with Gasteiger partial charge in [-0.2, -0.15) is 4.98 Å². The van der Waals surface area contributed by atoms with Crippen molar-refractivity contribution in [3.8, 4) is 0 Å². The minimum absolute atomic E-state index is 0.0451. The van der Waals surface area contributed by atoms with Crippen molar-refractivity contribution < 1.29 is 24.5 Å². The van der Waals surface area contributed by atoms with Crippen molar-refractivity contribution in [3.05, 3.63) is 22.7 Å². The van der Waals surface area contributed by atoms with E-state index in [0.29, 0.717) is 6.42 Å². The maximum absolute atomic E-state index is 11.9. The third-order valence-corrected chi connectivity index (χ3v) is 4.36. The Morgan fingerprint density at radius 3 is 2.73 bits per heavy atom. The molecule has 0 aromatic carbocycles. The quantitative estimate of drug-likeness (QED) is 0.419. The first-order valence-electron chi connectivity index (χ1n) is 8.96. The van der Waals surface area contributed by atoms with Crippen LogP contribution in [0.1, 0.15) is 51.7 Å². The van der Waals surface area contributed by atoms with Crippen LogP contribution in [0.2, 0.25) is 0 Å². The lowest BCUT2D eigenvalue weighted by Gasteiger charge is -2.16. The number of unbranched alkanes of at least 4 members (excludes halogenated alkanes) is 4. The van der Waals surface area contributed by atoms with E-state index in [4.69, 9.17) is 15.2 Å². The van der Waals surface area contributed by atoms with E-state index in [0.717, 1.165) is 36.7 Å². The number of hydrogen-bond donors (Lipinski definition) is 3. The third-order valence-electron chi connectivity index (χ3n) is 4.36. The van der Waals surface area contributed by atoms with Crippen molar-refractivity contribution in [3.63, 3.8) is 0 Å². The molecular formula is C17H27N3O6. The number of aliphatic hydroxyl groups excluding tert-OH is 2. The monoisotopic (exact) mass is 369 g/mol. The zero-order valence-electron chi connectivity index (χ0n) is 14.9. The summed E-state index contributed by atoms with van der Waals surface area (Å²) in [5.74, 6) is -0.328. The number of nitrogen functional groups attached to an aromatic ring is 1. The molecule has 0 aliphatic carbocycles. The van der Waals surface area contributed by atoms with Crippen molar-refractivity contribution in [2.24, 2.45) is 0 Å². The second-order valence-corrected chi connectivity index (χ2v) is 6.44. The summed E-state index contributed by atoms with van der Waals surface area (Å²) >= 11 is 0. The summed E-state index contributed by atoms with van der Waals surface area (Å²) in [5, 5.41) is 20.2. The molecular weight excluding hydrogens is 342 g/mol. The number of esters is 1. The van der Waals surface area contributed by atoms with Crippen LogP contribution in [0.25, 0.3) is 0 Å². The second-order valence-electron chi connectivity index (χ2n) is 6.44. The van der Waals surface area contributed by atoms with Gasteiger partial charge in [0.25, 0.3) is 0 Å². The Morgan fingerprint density at radius 2 is 2.04 bits per heavy atom. The minimum Gasteiger partial charge on any atom is -0.463 e. The average Bonchev–Trinajstić information content (AvgIpc) is 2.88. The van der Waals surface area contributed by atoms with Gasteiger partial charge >= 0.3 is 11.7 Å². The highest BCUT2D eigenvalue weighted by atomic mass is 16.6. The number of nitrogens with two attached hydrogens (primary N) is 1. The van der Waals surface area contributed by atoms with E-state index in [1.165, 1.54) is 12.3 Å². The van der Waals surface area contributed by atoms with Gasteiger partial charge in [0.2, 0.25) is 0 Å². The fourth-order valence-corrected chi connectivity index (χ4v) is 2.84. The molecule has 9 heteroatoms. The highest BCUT2D eigenvalue weighted by molar-refractivity contribution is 5.69. The zero-order chi connectivity index (χ0) is 19.1. The van der Waals surface area contributed by atoms with Crippen molar-refractivity contribution in [1.82, 2.24) is 9.55 Å². The molecule has 146 valence electrons. The molecule has 1 saturated heterocycles. The SMILES string of the molecule is CCCCCCCC(=O)OC[C@H]1O[C@@H](n2ccc(N)nc2=O)[C@@H](O)[C@@H]1O. The maximum atomic E-state index is 11.9. The van der Waals surface area contributed by atoms with Gasteiger partial charge < -0.3 is 25.4 Å². The first-order valence-corrected chi connectivity index (χ1v) is 8.96. The van der Waals surface area contributed by atoms with Crippen LogP contribution >= 0.6 is 0 Å². The second kappa shape index (κ2) is 9.65. The van der Waals surface area contributed by atoms with Crippen LogP contribution < -0.4 is 11.4 Å². The highest BCUT2D eigenvalue weighted by Gasteiger charge is 2.44. The van der Waals surface area contributed by atoms with Gasteiger partial charge in [-0.1, -0.05) is 32.6 Å². The molecule has 0 spiro atoms. The van der Waals surface area contributed by atoms with Gasteiger partial charge in [0.15, 0.2) is 6.23 Å². The molecule has 9 nitrogen and oxygen atoms in total. The number of hydrogen-bond acceptors (Lipinski definition) is 8. The van der Waals surface area contributed by atoms with Crippen LogP contribution in [-0.2, 0) is 14.3 Å². The lowest BCUT2D eigenvalue weighted by atomic mass is 10.1. The van der Waals surface area contributed by atoms with E-state index < -0.39 is 30.2 Å². The average molecular weight is 369 g/mol. The Kier molecular flexibility index (Phi) is 7.55. The number of anilines is 1. The van der Waals surface area contributed by atoms with Gasteiger partial charge in [0, 0.05) is 12.6 Å².